The molecule has 0 rings (SSSR count). The van der Waals surface area contributed by atoms with Crippen LogP contribution in [0.1, 0.15) is 383 Å². The van der Waals surface area contributed by atoms with Crippen molar-refractivity contribution in [2.24, 2.45) is 23.7 Å². The third-order valence-electron chi connectivity index (χ3n) is 18.3. The lowest BCUT2D eigenvalue weighted by atomic mass is 10.00. The topological polar surface area (TPSA) is 237 Å². The van der Waals surface area contributed by atoms with E-state index in [1.165, 1.54) is 180 Å². The van der Waals surface area contributed by atoms with E-state index in [1.807, 2.05) is 0 Å². The van der Waals surface area contributed by atoms with Crippen molar-refractivity contribution in [1.82, 2.24) is 0 Å². The number of carbonyl (C=O) groups excluding carboxylic acids is 4. The summed E-state index contributed by atoms with van der Waals surface area (Å²) in [5.41, 5.74) is 0. The Bertz CT molecular complexity index is 1870. The highest BCUT2D eigenvalue weighted by molar-refractivity contribution is 7.47. The molecule has 4 unspecified atom stereocenters. The monoisotopic (exact) mass is 1400 g/mol. The zero-order valence-corrected chi connectivity index (χ0v) is 64.1. The Kier molecular flexibility index (Phi) is 64.0. The average Bonchev–Trinajstić information content (AvgIpc) is 1.61. The number of hydrogen-bond donors (Lipinski definition) is 3. The second-order valence-electron chi connectivity index (χ2n) is 28.8. The molecule has 0 bridgehead atoms. The van der Waals surface area contributed by atoms with Crippen LogP contribution in [0, 0.1) is 23.7 Å². The summed E-state index contributed by atoms with van der Waals surface area (Å²) in [5.74, 6) is 0.925. The van der Waals surface area contributed by atoms with Crippen molar-refractivity contribution in [3.63, 3.8) is 0 Å². The van der Waals surface area contributed by atoms with Crippen LogP contribution >= 0.6 is 15.6 Å². The molecule has 95 heavy (non-hydrogen) atoms. The van der Waals surface area contributed by atoms with E-state index in [9.17, 15) is 43.2 Å². The van der Waals surface area contributed by atoms with E-state index in [0.29, 0.717) is 25.7 Å². The zero-order chi connectivity index (χ0) is 70.3. The van der Waals surface area contributed by atoms with Crippen molar-refractivity contribution in [2.75, 3.05) is 39.6 Å². The summed E-state index contributed by atoms with van der Waals surface area (Å²) in [4.78, 5) is 72.8. The van der Waals surface area contributed by atoms with Crippen LogP contribution in [0.5, 0.6) is 0 Å². The van der Waals surface area contributed by atoms with Crippen molar-refractivity contribution in [1.29, 1.82) is 0 Å². The molecule has 0 fully saturated rings. The maximum absolute atomic E-state index is 13.1. The third-order valence-corrected chi connectivity index (χ3v) is 20.2. The summed E-state index contributed by atoms with van der Waals surface area (Å²) in [5, 5.41) is 10.6. The van der Waals surface area contributed by atoms with Crippen molar-refractivity contribution in [2.45, 2.75) is 401 Å². The molecule has 0 aromatic carbocycles. The fourth-order valence-electron chi connectivity index (χ4n) is 11.5. The SMILES string of the molecule is CCC(C)CCCCCCCCC(=O)OC[C@H](COP(=O)(O)OC[C@H](O)COP(=O)(O)OC[C@@H](COC(=O)CCCCCCCCCCCCCCCCCCC(C)C)OC(=O)CCCCCCCCC(C)CC)OC(=O)CCCCCCCCCCCCCCCC(C)C. The Morgan fingerprint density at radius 3 is 0.747 bits per heavy atom. The minimum Gasteiger partial charge on any atom is -0.462 e. The highest BCUT2D eigenvalue weighted by Crippen LogP contribution is 2.45. The Morgan fingerprint density at radius 2 is 0.505 bits per heavy atom. The molecule has 564 valence electrons. The van der Waals surface area contributed by atoms with Crippen LogP contribution in [-0.2, 0) is 65.4 Å². The number of phosphoric acid groups is 2. The first kappa shape index (κ1) is 93.1. The van der Waals surface area contributed by atoms with Gasteiger partial charge in [-0.1, -0.05) is 331 Å². The highest BCUT2D eigenvalue weighted by Gasteiger charge is 2.30. The van der Waals surface area contributed by atoms with E-state index in [1.54, 1.807) is 0 Å². The number of carbonyl (C=O) groups is 4. The highest BCUT2D eigenvalue weighted by atomic mass is 31.2. The van der Waals surface area contributed by atoms with E-state index in [-0.39, 0.29) is 25.7 Å². The van der Waals surface area contributed by atoms with Gasteiger partial charge in [0.2, 0.25) is 0 Å². The van der Waals surface area contributed by atoms with Crippen LogP contribution in [0.3, 0.4) is 0 Å². The lowest BCUT2D eigenvalue weighted by Crippen LogP contribution is -2.30. The molecule has 0 aromatic heterocycles. The Hall–Kier alpha value is -1.94. The molecule has 0 aromatic rings. The number of unbranched alkanes of at least 4 members (excludes halogenated alkanes) is 37. The van der Waals surface area contributed by atoms with Gasteiger partial charge in [0.25, 0.3) is 0 Å². The van der Waals surface area contributed by atoms with E-state index in [2.05, 4.69) is 55.4 Å². The number of rotatable bonds is 73. The molecule has 0 amide bonds. The van der Waals surface area contributed by atoms with Gasteiger partial charge in [0, 0.05) is 25.7 Å². The molecule has 0 aliphatic rings. The molecule has 0 aliphatic heterocycles. The number of hydrogen-bond acceptors (Lipinski definition) is 15. The molecule has 0 saturated heterocycles. The molecule has 3 N–H and O–H groups in total. The predicted molar refractivity (Wildman–Crippen MR) is 386 cm³/mol. The van der Waals surface area contributed by atoms with Gasteiger partial charge in [0.1, 0.15) is 19.3 Å². The quantitative estimate of drug-likeness (QED) is 0.0222. The summed E-state index contributed by atoms with van der Waals surface area (Å²) in [6.07, 6.45) is 50.1. The molecular weight excluding hydrogens is 1250 g/mol. The average molecular weight is 1400 g/mol. The number of ether oxygens (including phenoxy) is 4. The molecule has 0 saturated carbocycles. The number of aliphatic hydroxyl groups is 1. The second-order valence-corrected chi connectivity index (χ2v) is 31.7. The predicted octanol–water partition coefficient (Wildman–Crippen LogP) is 22.0. The van der Waals surface area contributed by atoms with Gasteiger partial charge in [-0.2, -0.15) is 0 Å². The largest absolute Gasteiger partial charge is 0.472 e. The maximum atomic E-state index is 13.1. The Balaban J connectivity index is 5.18. The smallest absolute Gasteiger partial charge is 0.462 e. The van der Waals surface area contributed by atoms with Gasteiger partial charge < -0.3 is 33.8 Å². The molecule has 7 atom stereocenters. The van der Waals surface area contributed by atoms with E-state index < -0.39 is 97.5 Å². The van der Waals surface area contributed by atoms with E-state index in [0.717, 1.165) is 120 Å². The standard InChI is InChI=1S/C76H148O17P2/c1-9-68(7)54-46-38-32-34-41-49-57-74(79)87-63-71(92-75(80)58-50-42-31-27-23-19-15-17-21-25-29-37-45-53-67(5)6)64-90-94(82,83)88-60-70(77)61-89-95(84,85)91-65-72(93-76(81)59-51-43-35-33-39-47-55-69(8)10-2)62-86-73(78)56-48-40-30-26-22-18-14-12-11-13-16-20-24-28-36-44-52-66(3)4/h66-72,77H,9-65H2,1-8H3,(H,82,83)(H,84,85)/t68?,69?,70-,71+,72+/m0/s1. The third kappa shape index (κ3) is 67.6. The normalized spacial score (nSPS) is 14.7. The van der Waals surface area contributed by atoms with Crippen LogP contribution in [0.15, 0.2) is 0 Å². The van der Waals surface area contributed by atoms with Crippen molar-refractivity contribution in [3.8, 4) is 0 Å². The van der Waals surface area contributed by atoms with Gasteiger partial charge in [-0.25, -0.2) is 9.13 Å². The minimum atomic E-state index is -4.96. The first-order chi connectivity index (χ1) is 45.7. The van der Waals surface area contributed by atoms with Crippen LogP contribution < -0.4 is 0 Å². The molecule has 19 heteroatoms. The maximum Gasteiger partial charge on any atom is 0.472 e. The van der Waals surface area contributed by atoms with Gasteiger partial charge in [-0.15, -0.1) is 0 Å². The molecule has 0 radical (unpaired) electrons. The van der Waals surface area contributed by atoms with E-state index in [4.69, 9.17) is 37.0 Å². The van der Waals surface area contributed by atoms with Gasteiger partial charge in [0.15, 0.2) is 12.2 Å². The number of aliphatic hydroxyl groups excluding tert-OH is 1. The summed E-state index contributed by atoms with van der Waals surface area (Å²) < 4.78 is 68.5. The molecule has 0 heterocycles. The number of esters is 4. The molecule has 0 aliphatic carbocycles. The lowest BCUT2D eigenvalue weighted by Gasteiger charge is -2.21. The van der Waals surface area contributed by atoms with Gasteiger partial charge in [0.05, 0.1) is 26.4 Å². The van der Waals surface area contributed by atoms with Crippen LogP contribution in [0.25, 0.3) is 0 Å². The number of phosphoric ester groups is 2. The van der Waals surface area contributed by atoms with Gasteiger partial charge in [-0.3, -0.25) is 37.3 Å². The van der Waals surface area contributed by atoms with Gasteiger partial charge >= 0.3 is 39.5 Å². The van der Waals surface area contributed by atoms with Crippen molar-refractivity contribution in [3.05, 3.63) is 0 Å². The summed E-state index contributed by atoms with van der Waals surface area (Å²) in [6.45, 7) is 14.2. The van der Waals surface area contributed by atoms with Crippen LogP contribution in [-0.4, -0.2) is 96.7 Å². The Labute approximate surface area is 581 Å². The second kappa shape index (κ2) is 65.4. The Morgan fingerprint density at radius 1 is 0.295 bits per heavy atom. The fraction of sp³-hybridized carbons (Fsp3) is 0.947. The zero-order valence-electron chi connectivity index (χ0n) is 62.3. The minimum absolute atomic E-state index is 0.103. The van der Waals surface area contributed by atoms with Crippen molar-refractivity contribution < 1.29 is 80.2 Å². The molecular formula is C76H148O17P2. The van der Waals surface area contributed by atoms with Gasteiger partial charge in [-0.05, 0) is 49.4 Å². The van der Waals surface area contributed by atoms with Crippen LogP contribution in [0.2, 0.25) is 0 Å². The molecule has 17 nitrogen and oxygen atoms in total. The summed E-state index contributed by atoms with van der Waals surface area (Å²) >= 11 is 0. The molecule has 0 spiro atoms. The first-order valence-corrected chi connectivity index (χ1v) is 42.3. The van der Waals surface area contributed by atoms with Crippen LogP contribution in [0.4, 0.5) is 0 Å². The first-order valence-electron chi connectivity index (χ1n) is 39.3. The van der Waals surface area contributed by atoms with E-state index >= 15 is 0 Å². The van der Waals surface area contributed by atoms with Crippen molar-refractivity contribution >= 4 is 39.5 Å². The lowest BCUT2D eigenvalue weighted by molar-refractivity contribution is -0.161. The summed E-state index contributed by atoms with van der Waals surface area (Å²) in [7, 11) is -9.91. The fourth-order valence-corrected chi connectivity index (χ4v) is 13.1. The summed E-state index contributed by atoms with van der Waals surface area (Å²) in [6, 6.07) is 0.